The Kier molecular flexibility index (Phi) is 6.99. The second kappa shape index (κ2) is 7.62. The molecule has 0 unspecified atom stereocenters. The molecular formula is C14H14F8O4. The van der Waals surface area contributed by atoms with Crippen LogP contribution in [0.15, 0.2) is 23.3 Å². The molecule has 0 bridgehead atoms. The third kappa shape index (κ3) is 4.73. The molecule has 0 aliphatic heterocycles. The molecule has 0 spiro atoms. The largest absolute Gasteiger partial charge is 0.478 e. The fourth-order valence-corrected chi connectivity index (χ4v) is 1.58. The zero-order chi connectivity index (χ0) is 21.1. The Bertz CT molecular complexity index is 622. The van der Waals surface area contributed by atoms with Gasteiger partial charge in [-0.25, -0.2) is 9.59 Å². The number of carboxylic acids is 2. The van der Waals surface area contributed by atoms with Gasteiger partial charge in [-0.05, 0) is 20.3 Å². The summed E-state index contributed by atoms with van der Waals surface area (Å²) in [6.07, 6.45) is -3.64. The maximum atomic E-state index is 13.5. The highest BCUT2D eigenvalue weighted by Gasteiger charge is 2.79. The number of hydrogen-bond donors (Lipinski definition) is 2. The Morgan fingerprint density at radius 1 is 0.808 bits per heavy atom. The molecule has 0 atom stereocenters. The van der Waals surface area contributed by atoms with Crippen molar-refractivity contribution < 1.29 is 54.9 Å². The summed E-state index contributed by atoms with van der Waals surface area (Å²) in [5.74, 6) is -28.4. The summed E-state index contributed by atoms with van der Waals surface area (Å²) in [6.45, 7) is 1.31. The van der Waals surface area contributed by atoms with Crippen LogP contribution in [-0.2, 0) is 9.59 Å². The highest BCUT2D eigenvalue weighted by atomic mass is 19.4. The number of halogens is 8. The quantitative estimate of drug-likeness (QED) is 0.447. The van der Waals surface area contributed by atoms with Gasteiger partial charge in [0.25, 0.3) is 0 Å². The lowest BCUT2D eigenvalue weighted by Gasteiger charge is -2.35. The number of alkyl halides is 8. The SMILES string of the molecule is CC(=CCCC(F)(F)C(F)(F)C(F)(F)C(F)(F)C=C(C)C(=O)O)C(=O)O. The van der Waals surface area contributed by atoms with E-state index in [9.17, 15) is 44.7 Å². The summed E-state index contributed by atoms with van der Waals surface area (Å²) in [4.78, 5) is 20.8. The lowest BCUT2D eigenvalue weighted by Crippen LogP contribution is -2.61. The molecule has 0 radical (unpaired) electrons. The molecule has 26 heavy (non-hydrogen) atoms. The summed E-state index contributed by atoms with van der Waals surface area (Å²) in [5.41, 5.74) is -1.99. The van der Waals surface area contributed by atoms with Crippen molar-refractivity contribution in [2.45, 2.75) is 50.4 Å². The normalized spacial score (nSPS) is 15.2. The Morgan fingerprint density at radius 2 is 1.23 bits per heavy atom. The number of carbonyl (C=O) groups is 2. The van der Waals surface area contributed by atoms with Crippen LogP contribution in [-0.4, -0.2) is 45.8 Å². The predicted molar refractivity (Wildman–Crippen MR) is 71.8 cm³/mol. The van der Waals surface area contributed by atoms with Gasteiger partial charge in [0, 0.05) is 23.6 Å². The van der Waals surface area contributed by atoms with E-state index in [1.807, 2.05) is 0 Å². The van der Waals surface area contributed by atoms with E-state index in [4.69, 9.17) is 10.2 Å². The number of hydrogen-bond acceptors (Lipinski definition) is 2. The molecule has 0 fully saturated rings. The summed E-state index contributed by atoms with van der Waals surface area (Å²) >= 11 is 0. The van der Waals surface area contributed by atoms with Gasteiger partial charge in [-0.1, -0.05) is 6.08 Å². The molecule has 4 nitrogen and oxygen atoms in total. The first kappa shape index (κ1) is 23.9. The second-order valence-corrected chi connectivity index (χ2v) is 5.34. The van der Waals surface area contributed by atoms with Crippen LogP contribution in [0.4, 0.5) is 35.1 Å². The summed E-state index contributed by atoms with van der Waals surface area (Å²) < 4.78 is 108. The number of allylic oxidation sites excluding steroid dienone is 2. The van der Waals surface area contributed by atoms with Gasteiger partial charge >= 0.3 is 35.6 Å². The Balaban J connectivity index is 5.73. The molecule has 0 aromatic rings. The summed E-state index contributed by atoms with van der Waals surface area (Å²) in [5, 5.41) is 16.8. The molecular weight excluding hydrogens is 384 g/mol. The molecule has 0 aliphatic rings. The molecule has 0 saturated carbocycles. The van der Waals surface area contributed by atoms with Gasteiger partial charge in [-0.2, -0.15) is 35.1 Å². The summed E-state index contributed by atoms with van der Waals surface area (Å²) in [6, 6.07) is 0. The van der Waals surface area contributed by atoms with E-state index in [0.717, 1.165) is 6.92 Å². The molecule has 0 aromatic heterocycles. The van der Waals surface area contributed by atoms with Crippen molar-refractivity contribution in [3.8, 4) is 0 Å². The minimum atomic E-state index is -6.62. The van der Waals surface area contributed by atoms with Gasteiger partial charge in [0.05, 0.1) is 0 Å². The summed E-state index contributed by atoms with van der Waals surface area (Å²) in [7, 11) is 0. The fourth-order valence-electron chi connectivity index (χ4n) is 1.58. The first-order valence-electron chi connectivity index (χ1n) is 6.75. The van der Waals surface area contributed by atoms with E-state index < -0.39 is 65.7 Å². The first-order valence-corrected chi connectivity index (χ1v) is 6.75. The maximum Gasteiger partial charge on any atom is 0.381 e. The average Bonchev–Trinajstić information content (AvgIpc) is 2.45. The third-order valence-electron chi connectivity index (χ3n) is 3.25. The monoisotopic (exact) mass is 398 g/mol. The molecule has 2 N–H and O–H groups in total. The minimum Gasteiger partial charge on any atom is -0.478 e. The van der Waals surface area contributed by atoms with E-state index in [1.54, 1.807) is 0 Å². The van der Waals surface area contributed by atoms with Crippen molar-refractivity contribution >= 4 is 11.9 Å². The molecule has 0 heterocycles. The van der Waals surface area contributed by atoms with E-state index in [1.165, 1.54) is 0 Å². The van der Waals surface area contributed by atoms with Crippen LogP contribution in [0, 0.1) is 0 Å². The topological polar surface area (TPSA) is 74.6 Å². The molecule has 0 saturated heterocycles. The van der Waals surface area contributed by atoms with Gasteiger partial charge in [0.2, 0.25) is 0 Å². The van der Waals surface area contributed by atoms with E-state index >= 15 is 0 Å². The minimum absolute atomic E-state index is 0.391. The molecule has 150 valence electrons. The van der Waals surface area contributed by atoms with Crippen molar-refractivity contribution in [1.82, 2.24) is 0 Å². The van der Waals surface area contributed by atoms with E-state index in [-0.39, 0.29) is 0 Å². The number of rotatable bonds is 9. The Hall–Kier alpha value is -2.14. The molecule has 0 amide bonds. The van der Waals surface area contributed by atoms with Crippen LogP contribution in [0.3, 0.4) is 0 Å². The Labute approximate surface area is 141 Å². The maximum absolute atomic E-state index is 13.5. The smallest absolute Gasteiger partial charge is 0.381 e. The van der Waals surface area contributed by atoms with Crippen LogP contribution in [0.2, 0.25) is 0 Å². The van der Waals surface area contributed by atoms with Crippen molar-refractivity contribution in [2.24, 2.45) is 0 Å². The van der Waals surface area contributed by atoms with Crippen LogP contribution in [0.1, 0.15) is 26.7 Å². The lowest BCUT2D eigenvalue weighted by atomic mass is 9.94. The van der Waals surface area contributed by atoms with E-state index in [2.05, 4.69) is 0 Å². The van der Waals surface area contributed by atoms with Gasteiger partial charge in [-0.3, -0.25) is 0 Å². The fraction of sp³-hybridized carbons (Fsp3) is 0.571. The van der Waals surface area contributed by atoms with Crippen LogP contribution in [0.5, 0.6) is 0 Å². The van der Waals surface area contributed by atoms with Crippen molar-refractivity contribution in [1.29, 1.82) is 0 Å². The van der Waals surface area contributed by atoms with Gasteiger partial charge in [0.15, 0.2) is 0 Å². The van der Waals surface area contributed by atoms with Crippen LogP contribution < -0.4 is 0 Å². The van der Waals surface area contributed by atoms with Crippen molar-refractivity contribution in [2.75, 3.05) is 0 Å². The van der Waals surface area contributed by atoms with Crippen molar-refractivity contribution in [3.05, 3.63) is 23.3 Å². The predicted octanol–water partition coefficient (Wildman–Crippen LogP) is 4.37. The zero-order valence-electron chi connectivity index (χ0n) is 13.3. The van der Waals surface area contributed by atoms with Crippen LogP contribution in [0.25, 0.3) is 0 Å². The first-order chi connectivity index (χ1) is 11.4. The third-order valence-corrected chi connectivity index (χ3v) is 3.25. The van der Waals surface area contributed by atoms with Gasteiger partial charge in [-0.15, -0.1) is 0 Å². The van der Waals surface area contributed by atoms with Gasteiger partial charge in [0.1, 0.15) is 0 Å². The van der Waals surface area contributed by atoms with Gasteiger partial charge < -0.3 is 10.2 Å². The molecule has 12 heteroatoms. The zero-order valence-corrected chi connectivity index (χ0v) is 13.3. The standard InChI is InChI=1S/C14H14F8O4/c1-7(9(23)24)4-3-5-11(15,16)13(19,20)14(21,22)12(17,18)6-8(2)10(25)26/h4,6H,3,5H2,1-2H3,(H,23,24)(H,25,26). The molecule has 0 rings (SSSR count). The molecule has 0 aliphatic carbocycles. The number of aliphatic carboxylic acids is 2. The average molecular weight is 398 g/mol. The molecule has 0 aromatic carbocycles. The number of carboxylic acid groups (broad SMARTS) is 2. The van der Waals surface area contributed by atoms with E-state index in [0.29, 0.717) is 13.0 Å². The van der Waals surface area contributed by atoms with Crippen molar-refractivity contribution in [3.63, 3.8) is 0 Å². The Morgan fingerprint density at radius 3 is 1.62 bits per heavy atom. The highest BCUT2D eigenvalue weighted by Crippen LogP contribution is 2.54. The second-order valence-electron chi connectivity index (χ2n) is 5.34. The lowest BCUT2D eigenvalue weighted by molar-refractivity contribution is -0.356. The highest BCUT2D eigenvalue weighted by molar-refractivity contribution is 5.86. The van der Waals surface area contributed by atoms with Crippen LogP contribution >= 0.6 is 0 Å².